The van der Waals surface area contributed by atoms with Gasteiger partial charge in [0, 0.05) is 19.1 Å². The number of likely N-dealkylation sites (tertiary alicyclic amines) is 1. The van der Waals surface area contributed by atoms with Crippen LogP contribution in [0.4, 0.5) is 0 Å². The summed E-state index contributed by atoms with van der Waals surface area (Å²) in [5, 5.41) is 3.05. The maximum atomic E-state index is 12.2. The third-order valence-electron chi connectivity index (χ3n) is 4.62. The van der Waals surface area contributed by atoms with Crippen LogP contribution in [0.1, 0.15) is 31.7 Å². The maximum Gasteiger partial charge on any atom is 0.260 e. The summed E-state index contributed by atoms with van der Waals surface area (Å²) in [6.45, 7) is 6.92. The van der Waals surface area contributed by atoms with E-state index >= 15 is 0 Å². The number of hydrogen-bond donors (Lipinski definition) is 1. The number of amides is 1. The summed E-state index contributed by atoms with van der Waals surface area (Å²) >= 11 is 0. The Morgan fingerprint density at radius 3 is 2.95 bits per heavy atom. The zero-order chi connectivity index (χ0) is 15.5. The summed E-state index contributed by atoms with van der Waals surface area (Å²) in [4.78, 5) is 14.7. The predicted octanol–water partition coefficient (Wildman–Crippen LogP) is 2.36. The molecule has 1 aromatic carbocycles. The fourth-order valence-corrected chi connectivity index (χ4v) is 3.14. The molecule has 1 aliphatic carbocycles. The monoisotopic (exact) mass is 302 g/mol. The smallest absolute Gasteiger partial charge is 0.260 e. The molecular formula is C18H26N2O2. The lowest BCUT2D eigenvalue weighted by molar-refractivity contribution is -0.127. The van der Waals surface area contributed by atoms with E-state index in [2.05, 4.69) is 10.2 Å². The van der Waals surface area contributed by atoms with E-state index in [4.69, 9.17) is 4.74 Å². The molecule has 120 valence electrons. The van der Waals surface area contributed by atoms with Gasteiger partial charge >= 0.3 is 0 Å². The number of carbonyl (C=O) groups excluding carboxylic acids is 1. The molecule has 1 saturated carbocycles. The van der Waals surface area contributed by atoms with Crippen LogP contribution >= 0.6 is 0 Å². The topological polar surface area (TPSA) is 41.6 Å². The van der Waals surface area contributed by atoms with Crippen molar-refractivity contribution >= 4 is 5.91 Å². The number of ether oxygens (including phenoxy) is 1. The van der Waals surface area contributed by atoms with Crippen molar-refractivity contribution in [2.24, 2.45) is 5.92 Å². The minimum atomic E-state index is -0.456. The van der Waals surface area contributed by atoms with Crippen molar-refractivity contribution in [3.8, 4) is 5.75 Å². The Morgan fingerprint density at radius 2 is 2.23 bits per heavy atom. The summed E-state index contributed by atoms with van der Waals surface area (Å²) in [5.74, 6) is 1.32. The zero-order valence-corrected chi connectivity index (χ0v) is 13.5. The van der Waals surface area contributed by atoms with Crippen molar-refractivity contribution in [2.75, 3.05) is 19.6 Å². The number of carbonyl (C=O) groups is 1. The fourth-order valence-electron chi connectivity index (χ4n) is 3.14. The Morgan fingerprint density at radius 1 is 1.41 bits per heavy atom. The first-order chi connectivity index (χ1) is 10.6. The van der Waals surface area contributed by atoms with E-state index in [1.807, 2.05) is 38.1 Å². The van der Waals surface area contributed by atoms with Gasteiger partial charge in [-0.2, -0.15) is 0 Å². The van der Waals surface area contributed by atoms with E-state index in [1.54, 1.807) is 0 Å². The summed E-state index contributed by atoms with van der Waals surface area (Å²) in [6.07, 6.45) is 3.47. The van der Waals surface area contributed by atoms with Crippen LogP contribution in [0, 0.1) is 12.8 Å². The van der Waals surface area contributed by atoms with Gasteiger partial charge in [-0.1, -0.05) is 12.1 Å². The second-order valence-corrected chi connectivity index (χ2v) is 6.70. The van der Waals surface area contributed by atoms with Gasteiger partial charge in [0.2, 0.25) is 0 Å². The minimum Gasteiger partial charge on any atom is -0.481 e. The first-order valence-electron chi connectivity index (χ1n) is 8.37. The predicted molar refractivity (Wildman–Crippen MR) is 87.0 cm³/mol. The first-order valence-corrected chi connectivity index (χ1v) is 8.37. The van der Waals surface area contributed by atoms with Gasteiger partial charge in [-0.15, -0.1) is 0 Å². The van der Waals surface area contributed by atoms with E-state index in [0.29, 0.717) is 5.92 Å². The maximum absolute atomic E-state index is 12.2. The molecule has 2 atom stereocenters. The lowest BCUT2D eigenvalue weighted by atomic mass is 10.1. The zero-order valence-electron chi connectivity index (χ0n) is 13.5. The SMILES string of the molecule is Cc1cccc(OC(C)C(=O)NCC2CCN(C3CC3)C2)c1. The van der Waals surface area contributed by atoms with Crippen molar-refractivity contribution in [3.63, 3.8) is 0 Å². The molecule has 3 rings (SSSR count). The van der Waals surface area contributed by atoms with Crippen molar-refractivity contribution in [1.82, 2.24) is 10.2 Å². The van der Waals surface area contributed by atoms with Gasteiger partial charge in [0.15, 0.2) is 6.10 Å². The molecule has 0 spiro atoms. The first kappa shape index (κ1) is 15.3. The Bertz CT molecular complexity index is 528. The average molecular weight is 302 g/mol. The van der Waals surface area contributed by atoms with Crippen LogP contribution in [0.2, 0.25) is 0 Å². The summed E-state index contributed by atoms with van der Waals surface area (Å²) in [5.41, 5.74) is 1.14. The van der Waals surface area contributed by atoms with E-state index in [9.17, 15) is 4.79 Å². The number of nitrogens with one attached hydrogen (secondary N) is 1. The molecule has 22 heavy (non-hydrogen) atoms. The van der Waals surface area contributed by atoms with Crippen LogP contribution in [0.3, 0.4) is 0 Å². The highest BCUT2D eigenvalue weighted by Crippen LogP contribution is 2.31. The van der Waals surface area contributed by atoms with Gasteiger partial charge in [-0.25, -0.2) is 0 Å². The Labute approximate surface area is 132 Å². The van der Waals surface area contributed by atoms with Gasteiger partial charge in [-0.3, -0.25) is 4.79 Å². The van der Waals surface area contributed by atoms with Crippen LogP contribution < -0.4 is 10.1 Å². The fraction of sp³-hybridized carbons (Fsp3) is 0.611. The molecule has 0 aromatic heterocycles. The molecule has 0 radical (unpaired) electrons. The standard InChI is InChI=1S/C18H26N2O2/c1-13-4-3-5-17(10-13)22-14(2)18(21)19-11-15-8-9-20(12-15)16-6-7-16/h3-5,10,14-16H,6-9,11-12H2,1-2H3,(H,19,21). The number of rotatable bonds is 6. The van der Waals surface area contributed by atoms with Gasteiger partial charge < -0.3 is 15.0 Å². The molecule has 4 nitrogen and oxygen atoms in total. The van der Waals surface area contributed by atoms with Gasteiger partial charge in [0.1, 0.15) is 5.75 Å². The number of benzene rings is 1. The van der Waals surface area contributed by atoms with Crippen LogP contribution in [-0.2, 0) is 4.79 Å². The van der Waals surface area contributed by atoms with Crippen molar-refractivity contribution in [3.05, 3.63) is 29.8 Å². The van der Waals surface area contributed by atoms with Crippen molar-refractivity contribution in [1.29, 1.82) is 0 Å². The van der Waals surface area contributed by atoms with Crippen LogP contribution in [0.25, 0.3) is 0 Å². The second kappa shape index (κ2) is 6.69. The van der Waals surface area contributed by atoms with Crippen molar-refractivity contribution in [2.45, 2.75) is 45.3 Å². The molecule has 1 saturated heterocycles. The quantitative estimate of drug-likeness (QED) is 0.877. The number of hydrogen-bond acceptors (Lipinski definition) is 3. The van der Waals surface area contributed by atoms with Gasteiger partial charge in [-0.05, 0) is 63.3 Å². The third-order valence-corrected chi connectivity index (χ3v) is 4.62. The highest BCUT2D eigenvalue weighted by Gasteiger charge is 2.34. The van der Waals surface area contributed by atoms with E-state index < -0.39 is 6.10 Å². The lowest BCUT2D eigenvalue weighted by Crippen LogP contribution is -2.39. The molecule has 0 bridgehead atoms. The minimum absolute atomic E-state index is 0.0219. The van der Waals surface area contributed by atoms with Crippen molar-refractivity contribution < 1.29 is 9.53 Å². The lowest BCUT2D eigenvalue weighted by Gasteiger charge is -2.18. The summed E-state index contributed by atoms with van der Waals surface area (Å²) in [7, 11) is 0. The molecule has 1 aliphatic heterocycles. The highest BCUT2D eigenvalue weighted by molar-refractivity contribution is 5.80. The molecule has 1 aromatic rings. The average Bonchev–Trinajstić information content (AvgIpc) is 3.24. The Balaban J connectivity index is 1.41. The molecule has 4 heteroatoms. The highest BCUT2D eigenvalue weighted by atomic mass is 16.5. The summed E-state index contributed by atoms with van der Waals surface area (Å²) in [6, 6.07) is 8.64. The van der Waals surface area contributed by atoms with Crippen LogP contribution in [0.5, 0.6) is 5.75 Å². The Kier molecular flexibility index (Phi) is 4.67. The normalized spacial score (nSPS) is 23.3. The molecular weight excluding hydrogens is 276 g/mol. The number of aryl methyl sites for hydroxylation is 1. The second-order valence-electron chi connectivity index (χ2n) is 6.70. The van der Waals surface area contributed by atoms with Gasteiger partial charge in [0.05, 0.1) is 0 Å². The number of nitrogens with zero attached hydrogens (tertiary/aromatic N) is 1. The summed E-state index contributed by atoms with van der Waals surface area (Å²) < 4.78 is 5.72. The largest absolute Gasteiger partial charge is 0.481 e. The van der Waals surface area contributed by atoms with E-state index in [-0.39, 0.29) is 5.91 Å². The molecule has 2 fully saturated rings. The molecule has 2 unspecified atom stereocenters. The molecule has 1 amide bonds. The van der Waals surface area contributed by atoms with Crippen LogP contribution in [-0.4, -0.2) is 42.6 Å². The van der Waals surface area contributed by atoms with E-state index in [0.717, 1.165) is 30.4 Å². The molecule has 1 heterocycles. The van der Waals surface area contributed by atoms with E-state index in [1.165, 1.54) is 25.8 Å². The Hall–Kier alpha value is -1.55. The van der Waals surface area contributed by atoms with Crippen LogP contribution in [0.15, 0.2) is 24.3 Å². The molecule has 1 N–H and O–H groups in total. The molecule has 2 aliphatic rings. The van der Waals surface area contributed by atoms with Gasteiger partial charge in [0.25, 0.3) is 5.91 Å². The third kappa shape index (κ3) is 4.01.